The van der Waals surface area contributed by atoms with Crippen LogP contribution in [-0.2, 0) is 0 Å². The summed E-state index contributed by atoms with van der Waals surface area (Å²) in [6, 6.07) is 15.1. The number of nitrogens with zero attached hydrogens (tertiary/aromatic N) is 4. The molecule has 1 fully saturated rings. The average Bonchev–Trinajstić information content (AvgIpc) is 3.29. The maximum absolute atomic E-state index is 13.1. The van der Waals surface area contributed by atoms with Crippen LogP contribution in [0.25, 0.3) is 5.69 Å². The van der Waals surface area contributed by atoms with Crippen LogP contribution in [0.3, 0.4) is 0 Å². The van der Waals surface area contributed by atoms with Gasteiger partial charge in [0, 0.05) is 30.9 Å². The highest BCUT2D eigenvalue weighted by Crippen LogP contribution is 2.30. The number of rotatable bonds is 4. The molecule has 1 aliphatic heterocycles. The van der Waals surface area contributed by atoms with Crippen LogP contribution in [0.2, 0.25) is 0 Å². The highest BCUT2D eigenvalue weighted by atomic mass is 16.5. The molecule has 8 nitrogen and oxygen atoms in total. The van der Waals surface area contributed by atoms with E-state index in [0.717, 1.165) is 23.5 Å². The van der Waals surface area contributed by atoms with Gasteiger partial charge in [-0.15, -0.1) is 5.10 Å². The molecule has 1 unspecified atom stereocenters. The molecule has 0 aliphatic carbocycles. The lowest BCUT2D eigenvalue weighted by Crippen LogP contribution is -2.50. The smallest absolute Gasteiger partial charge is 0.322 e. The van der Waals surface area contributed by atoms with Crippen molar-refractivity contribution in [2.75, 3.05) is 32.1 Å². The van der Waals surface area contributed by atoms with E-state index in [4.69, 9.17) is 4.74 Å². The van der Waals surface area contributed by atoms with Crippen molar-refractivity contribution < 1.29 is 9.53 Å². The van der Waals surface area contributed by atoms with Gasteiger partial charge in [-0.05, 0) is 24.3 Å². The lowest BCUT2D eigenvalue weighted by Gasteiger charge is -2.37. The summed E-state index contributed by atoms with van der Waals surface area (Å²) in [5.74, 6) is 0.780. The van der Waals surface area contributed by atoms with Gasteiger partial charge in [0.25, 0.3) is 0 Å². The van der Waals surface area contributed by atoms with Gasteiger partial charge in [-0.25, -0.2) is 9.48 Å². The monoisotopic (exact) mass is 378 g/mol. The molecule has 0 bridgehead atoms. The van der Waals surface area contributed by atoms with Gasteiger partial charge < -0.3 is 20.3 Å². The van der Waals surface area contributed by atoms with E-state index in [0.29, 0.717) is 18.8 Å². The first kappa shape index (κ1) is 18.0. The Labute approximate surface area is 163 Å². The summed E-state index contributed by atoms with van der Waals surface area (Å²) >= 11 is 0. The number of carbonyl (C=O) groups is 1. The Hall–Kier alpha value is -3.39. The molecule has 2 N–H and O–H groups in total. The molecule has 1 aromatic heterocycles. The minimum Gasteiger partial charge on any atom is -0.496 e. The van der Waals surface area contributed by atoms with E-state index in [1.807, 2.05) is 53.4 Å². The van der Waals surface area contributed by atoms with Crippen molar-refractivity contribution in [1.82, 2.24) is 25.2 Å². The fraction of sp³-hybridized carbons (Fsp3) is 0.250. The Kier molecular flexibility index (Phi) is 5.20. The zero-order chi connectivity index (χ0) is 19.3. The number of hydrogen-bond donors (Lipinski definition) is 2. The molecule has 144 valence electrons. The predicted molar refractivity (Wildman–Crippen MR) is 106 cm³/mol. The first-order valence-corrected chi connectivity index (χ1v) is 9.14. The molecule has 2 heterocycles. The second-order valence-electron chi connectivity index (χ2n) is 6.48. The quantitative estimate of drug-likeness (QED) is 0.729. The zero-order valence-electron chi connectivity index (χ0n) is 15.6. The maximum Gasteiger partial charge on any atom is 0.322 e. The molecule has 1 aliphatic rings. The lowest BCUT2D eigenvalue weighted by molar-refractivity contribution is 0.169. The number of nitrogens with one attached hydrogen (secondary N) is 2. The third kappa shape index (κ3) is 3.67. The topological polar surface area (TPSA) is 84.3 Å². The average molecular weight is 378 g/mol. The Morgan fingerprint density at radius 2 is 2.14 bits per heavy atom. The number of methoxy groups -OCH3 is 1. The van der Waals surface area contributed by atoms with Crippen LogP contribution in [0.1, 0.15) is 11.6 Å². The fourth-order valence-electron chi connectivity index (χ4n) is 3.43. The lowest BCUT2D eigenvalue weighted by atomic mass is 10.0. The second kappa shape index (κ2) is 8.10. The second-order valence-corrected chi connectivity index (χ2v) is 6.48. The normalized spacial score (nSPS) is 16.6. The Bertz CT molecular complexity index is 943. The molecule has 1 saturated heterocycles. The van der Waals surface area contributed by atoms with Gasteiger partial charge >= 0.3 is 6.03 Å². The first-order valence-electron chi connectivity index (χ1n) is 9.14. The first-order chi connectivity index (χ1) is 13.8. The molecule has 3 aromatic rings. The largest absolute Gasteiger partial charge is 0.496 e. The number of hydrogen-bond acceptors (Lipinski definition) is 5. The SMILES string of the molecule is COc1ccccc1C1CNCCN1C(=O)Nc1cccc(-n2ccnn2)c1. The molecular weight excluding hydrogens is 356 g/mol. The van der Waals surface area contributed by atoms with Crippen molar-refractivity contribution in [3.8, 4) is 11.4 Å². The predicted octanol–water partition coefficient (Wildman–Crippen LogP) is 2.45. The number of piperazine rings is 1. The molecule has 4 rings (SSSR count). The van der Waals surface area contributed by atoms with Crippen molar-refractivity contribution in [2.45, 2.75) is 6.04 Å². The van der Waals surface area contributed by atoms with Crippen molar-refractivity contribution >= 4 is 11.7 Å². The molecular formula is C20H22N6O2. The van der Waals surface area contributed by atoms with Gasteiger partial charge in [-0.2, -0.15) is 0 Å². The van der Waals surface area contributed by atoms with E-state index in [9.17, 15) is 4.79 Å². The van der Waals surface area contributed by atoms with Gasteiger partial charge in [0.2, 0.25) is 0 Å². The number of para-hydroxylation sites is 1. The molecule has 1 atom stereocenters. The molecule has 8 heteroatoms. The van der Waals surface area contributed by atoms with E-state index in [1.54, 1.807) is 24.2 Å². The number of ether oxygens (including phenoxy) is 1. The van der Waals surface area contributed by atoms with E-state index >= 15 is 0 Å². The Morgan fingerprint density at radius 3 is 2.96 bits per heavy atom. The summed E-state index contributed by atoms with van der Waals surface area (Å²) in [4.78, 5) is 14.9. The van der Waals surface area contributed by atoms with Crippen LogP contribution in [0.4, 0.5) is 10.5 Å². The summed E-state index contributed by atoms with van der Waals surface area (Å²) < 4.78 is 7.15. The molecule has 2 aromatic carbocycles. The number of urea groups is 1. The Balaban J connectivity index is 1.55. The van der Waals surface area contributed by atoms with Crippen molar-refractivity contribution in [3.63, 3.8) is 0 Å². The molecule has 0 radical (unpaired) electrons. The Morgan fingerprint density at radius 1 is 1.25 bits per heavy atom. The van der Waals surface area contributed by atoms with Gasteiger partial charge in [0.15, 0.2) is 0 Å². The van der Waals surface area contributed by atoms with Gasteiger partial charge in [-0.1, -0.05) is 29.5 Å². The summed E-state index contributed by atoms with van der Waals surface area (Å²) in [5.41, 5.74) is 2.52. The van der Waals surface area contributed by atoms with E-state index in [1.165, 1.54) is 0 Å². The van der Waals surface area contributed by atoms with Crippen LogP contribution < -0.4 is 15.4 Å². The van der Waals surface area contributed by atoms with E-state index in [2.05, 4.69) is 20.9 Å². The summed E-state index contributed by atoms with van der Waals surface area (Å²) in [7, 11) is 1.65. The molecule has 0 saturated carbocycles. The minimum atomic E-state index is -0.145. The maximum atomic E-state index is 13.1. The fourth-order valence-corrected chi connectivity index (χ4v) is 3.43. The summed E-state index contributed by atoms with van der Waals surface area (Å²) in [6.45, 7) is 2.03. The number of benzene rings is 2. The van der Waals surface area contributed by atoms with E-state index < -0.39 is 0 Å². The van der Waals surface area contributed by atoms with E-state index in [-0.39, 0.29) is 12.1 Å². The highest BCUT2D eigenvalue weighted by molar-refractivity contribution is 5.90. The van der Waals surface area contributed by atoms with Crippen molar-refractivity contribution in [2.24, 2.45) is 0 Å². The third-order valence-electron chi connectivity index (χ3n) is 4.79. The van der Waals surface area contributed by atoms with Crippen LogP contribution >= 0.6 is 0 Å². The highest BCUT2D eigenvalue weighted by Gasteiger charge is 2.29. The standard InChI is InChI=1S/C20H22N6O2/c1-28-19-8-3-2-7-17(19)18-14-21-9-11-25(18)20(27)23-15-5-4-6-16(13-15)26-12-10-22-24-26/h2-8,10,12-13,18,21H,9,11,14H2,1H3,(H,23,27). The van der Waals surface area contributed by atoms with Crippen LogP contribution in [0.15, 0.2) is 60.9 Å². The van der Waals surface area contributed by atoms with Crippen molar-refractivity contribution in [3.05, 3.63) is 66.5 Å². The van der Waals surface area contributed by atoms with Gasteiger partial charge in [0.05, 0.1) is 31.2 Å². The van der Waals surface area contributed by atoms with Crippen LogP contribution in [0, 0.1) is 0 Å². The summed E-state index contributed by atoms with van der Waals surface area (Å²) in [6.07, 6.45) is 3.37. The molecule has 28 heavy (non-hydrogen) atoms. The third-order valence-corrected chi connectivity index (χ3v) is 4.79. The number of carbonyl (C=O) groups excluding carboxylic acids is 1. The number of anilines is 1. The minimum absolute atomic E-state index is 0.108. The van der Waals surface area contributed by atoms with Gasteiger partial charge in [-0.3, -0.25) is 0 Å². The molecule has 2 amide bonds. The van der Waals surface area contributed by atoms with Crippen molar-refractivity contribution in [1.29, 1.82) is 0 Å². The van der Waals surface area contributed by atoms with Gasteiger partial charge in [0.1, 0.15) is 5.75 Å². The zero-order valence-corrected chi connectivity index (χ0v) is 15.6. The number of aromatic nitrogens is 3. The van der Waals surface area contributed by atoms with Crippen LogP contribution in [-0.4, -0.2) is 52.7 Å². The molecule has 0 spiro atoms. The summed E-state index contributed by atoms with van der Waals surface area (Å²) in [5, 5.41) is 14.2. The van der Waals surface area contributed by atoms with Crippen LogP contribution in [0.5, 0.6) is 5.75 Å². The number of amides is 2.